The Hall–Kier alpha value is -3.90. The van der Waals surface area contributed by atoms with E-state index in [1.54, 1.807) is 4.90 Å². The predicted molar refractivity (Wildman–Crippen MR) is 144 cm³/mol. The number of para-hydroxylation sites is 2. The maximum atomic E-state index is 13.9. The van der Waals surface area contributed by atoms with Gasteiger partial charge in [0, 0.05) is 29.1 Å². The number of carboxylic acid groups (broad SMARTS) is 1. The Morgan fingerprint density at radius 1 is 0.973 bits per heavy atom. The molecule has 37 heavy (non-hydrogen) atoms. The SMILES string of the molecule is Cc1ccc([C@H]2C3=C(C[C@@H](c4ccccc4Cl)CC3=O)Nc3ccccc3N2C(=O)CCC(=O)O)cc1. The quantitative estimate of drug-likeness (QED) is 0.410. The average Bonchev–Trinajstić information content (AvgIpc) is 3.02. The summed E-state index contributed by atoms with van der Waals surface area (Å²) in [6.07, 6.45) is 0.351. The molecule has 0 saturated carbocycles. The molecule has 0 unspecified atom stereocenters. The number of amides is 1. The van der Waals surface area contributed by atoms with Gasteiger partial charge in [-0.2, -0.15) is 0 Å². The van der Waals surface area contributed by atoms with Crippen LogP contribution in [0.2, 0.25) is 5.02 Å². The van der Waals surface area contributed by atoms with Crippen molar-refractivity contribution in [2.24, 2.45) is 0 Å². The first-order chi connectivity index (χ1) is 17.8. The Bertz CT molecular complexity index is 1410. The molecule has 0 aromatic heterocycles. The first-order valence-electron chi connectivity index (χ1n) is 12.3. The Kier molecular flexibility index (Phi) is 6.85. The second-order valence-electron chi connectivity index (χ2n) is 9.55. The molecule has 3 aromatic rings. The third kappa shape index (κ3) is 4.89. The molecule has 2 aliphatic rings. The minimum absolute atomic E-state index is 0.0620. The molecule has 1 heterocycles. The maximum absolute atomic E-state index is 13.9. The van der Waals surface area contributed by atoms with Gasteiger partial charge in [0.2, 0.25) is 5.91 Å². The van der Waals surface area contributed by atoms with E-state index in [9.17, 15) is 19.5 Å². The number of ketones is 1. The van der Waals surface area contributed by atoms with Crippen LogP contribution in [-0.2, 0) is 14.4 Å². The van der Waals surface area contributed by atoms with Crippen LogP contribution in [0.1, 0.15) is 54.3 Å². The number of carboxylic acids is 1. The van der Waals surface area contributed by atoms with E-state index in [1.165, 1.54) is 0 Å². The Labute approximate surface area is 220 Å². The summed E-state index contributed by atoms with van der Waals surface area (Å²) in [5.74, 6) is -1.56. The molecular formula is C30H27ClN2O4. The second kappa shape index (κ2) is 10.2. The molecule has 5 rings (SSSR count). The predicted octanol–water partition coefficient (Wildman–Crippen LogP) is 6.41. The number of rotatable bonds is 5. The van der Waals surface area contributed by atoms with Crippen molar-refractivity contribution in [3.05, 3.63) is 106 Å². The summed E-state index contributed by atoms with van der Waals surface area (Å²) in [7, 11) is 0. The van der Waals surface area contributed by atoms with E-state index in [0.29, 0.717) is 28.4 Å². The van der Waals surface area contributed by atoms with Gasteiger partial charge < -0.3 is 10.4 Å². The largest absolute Gasteiger partial charge is 0.481 e. The van der Waals surface area contributed by atoms with Crippen molar-refractivity contribution >= 4 is 40.6 Å². The summed E-state index contributed by atoms with van der Waals surface area (Å²) in [5, 5.41) is 13.4. The van der Waals surface area contributed by atoms with Crippen molar-refractivity contribution in [2.75, 3.05) is 10.2 Å². The molecule has 0 spiro atoms. The highest BCUT2D eigenvalue weighted by atomic mass is 35.5. The van der Waals surface area contributed by atoms with E-state index in [2.05, 4.69) is 5.32 Å². The zero-order chi connectivity index (χ0) is 26.1. The van der Waals surface area contributed by atoms with Crippen LogP contribution in [0.3, 0.4) is 0 Å². The monoisotopic (exact) mass is 514 g/mol. The number of allylic oxidation sites excluding steroid dienone is 1. The van der Waals surface area contributed by atoms with Crippen LogP contribution in [0.5, 0.6) is 0 Å². The van der Waals surface area contributed by atoms with Crippen molar-refractivity contribution in [1.29, 1.82) is 0 Å². The number of nitrogens with zero attached hydrogens (tertiary/aromatic N) is 1. The van der Waals surface area contributed by atoms with Crippen molar-refractivity contribution in [1.82, 2.24) is 0 Å². The zero-order valence-electron chi connectivity index (χ0n) is 20.4. The topological polar surface area (TPSA) is 86.7 Å². The standard InChI is InChI=1S/C30H27ClN2O4/c1-18-10-12-19(13-11-18)30-29-24(16-20(17-26(29)34)21-6-2-3-7-22(21)31)32-23-8-4-5-9-25(23)33(30)27(35)14-15-28(36)37/h2-13,20,30,32H,14-17H2,1H3,(H,36,37)/t20-,30+/m1/s1. The van der Waals surface area contributed by atoms with E-state index in [-0.39, 0.29) is 36.9 Å². The van der Waals surface area contributed by atoms with Gasteiger partial charge in [-0.05, 0) is 48.6 Å². The van der Waals surface area contributed by atoms with Gasteiger partial charge in [0.1, 0.15) is 0 Å². The first-order valence-corrected chi connectivity index (χ1v) is 12.7. The van der Waals surface area contributed by atoms with Crippen LogP contribution in [-0.4, -0.2) is 22.8 Å². The number of fused-ring (bicyclic) bond motifs is 1. The fourth-order valence-electron chi connectivity index (χ4n) is 5.29. The highest BCUT2D eigenvalue weighted by Gasteiger charge is 2.41. The average molecular weight is 515 g/mol. The number of carbonyl (C=O) groups excluding carboxylic acids is 2. The van der Waals surface area contributed by atoms with E-state index in [0.717, 1.165) is 22.4 Å². The Morgan fingerprint density at radius 2 is 1.68 bits per heavy atom. The van der Waals surface area contributed by atoms with E-state index < -0.39 is 12.0 Å². The molecule has 7 heteroatoms. The van der Waals surface area contributed by atoms with Crippen molar-refractivity contribution < 1.29 is 19.5 Å². The third-order valence-corrected chi connectivity index (χ3v) is 7.39. The van der Waals surface area contributed by atoms with Crippen LogP contribution in [0.25, 0.3) is 0 Å². The summed E-state index contributed by atoms with van der Waals surface area (Å²) in [6.45, 7) is 1.98. The molecular weight excluding hydrogens is 488 g/mol. The van der Waals surface area contributed by atoms with Crippen molar-refractivity contribution in [3.8, 4) is 0 Å². The summed E-state index contributed by atoms with van der Waals surface area (Å²) in [5.41, 5.74) is 5.37. The minimum atomic E-state index is -1.04. The number of nitrogens with one attached hydrogen (secondary N) is 1. The molecule has 0 bridgehead atoms. The summed E-state index contributed by atoms with van der Waals surface area (Å²) < 4.78 is 0. The lowest BCUT2D eigenvalue weighted by Crippen LogP contribution is -2.38. The summed E-state index contributed by atoms with van der Waals surface area (Å²) >= 11 is 6.51. The fourth-order valence-corrected chi connectivity index (χ4v) is 5.58. The molecule has 0 saturated heterocycles. The Morgan fingerprint density at radius 3 is 2.41 bits per heavy atom. The molecule has 6 nitrogen and oxygen atoms in total. The number of aliphatic carboxylic acids is 1. The zero-order valence-corrected chi connectivity index (χ0v) is 21.2. The lowest BCUT2D eigenvalue weighted by molar-refractivity contribution is -0.138. The molecule has 2 N–H and O–H groups in total. The number of anilines is 2. The van der Waals surface area contributed by atoms with Crippen LogP contribution in [0.15, 0.2) is 84.1 Å². The summed E-state index contributed by atoms with van der Waals surface area (Å²) in [4.78, 5) is 40.5. The van der Waals surface area contributed by atoms with Crippen LogP contribution in [0.4, 0.5) is 11.4 Å². The van der Waals surface area contributed by atoms with E-state index >= 15 is 0 Å². The van der Waals surface area contributed by atoms with Gasteiger partial charge in [-0.1, -0.05) is 71.8 Å². The molecule has 188 valence electrons. The molecule has 1 amide bonds. The number of hydrogen-bond donors (Lipinski definition) is 2. The lowest BCUT2D eigenvalue weighted by Gasteiger charge is -2.35. The van der Waals surface area contributed by atoms with E-state index in [4.69, 9.17) is 11.6 Å². The number of aryl methyl sites for hydroxylation is 1. The normalized spacial score (nSPS) is 19.0. The van der Waals surface area contributed by atoms with Gasteiger partial charge in [-0.25, -0.2) is 0 Å². The Balaban J connectivity index is 1.69. The van der Waals surface area contributed by atoms with Gasteiger partial charge >= 0.3 is 5.97 Å². The van der Waals surface area contributed by atoms with Gasteiger partial charge in [0.25, 0.3) is 0 Å². The number of carbonyl (C=O) groups is 3. The fraction of sp³-hybridized carbons (Fsp3) is 0.233. The molecule has 1 aliphatic heterocycles. The number of benzene rings is 3. The third-order valence-electron chi connectivity index (χ3n) is 7.05. The minimum Gasteiger partial charge on any atom is -0.481 e. The molecule has 2 atom stereocenters. The smallest absolute Gasteiger partial charge is 0.303 e. The van der Waals surface area contributed by atoms with E-state index in [1.807, 2.05) is 79.7 Å². The maximum Gasteiger partial charge on any atom is 0.303 e. The molecule has 1 aliphatic carbocycles. The van der Waals surface area contributed by atoms with Gasteiger partial charge in [-0.15, -0.1) is 0 Å². The first kappa shape index (κ1) is 24.8. The number of Topliss-reactive ketones (excluding diaryl/α,β-unsaturated/α-hetero) is 1. The summed E-state index contributed by atoms with van der Waals surface area (Å²) in [6, 6.07) is 22.1. The molecule has 0 radical (unpaired) electrons. The highest BCUT2D eigenvalue weighted by Crippen LogP contribution is 2.48. The number of hydrogen-bond acceptors (Lipinski definition) is 4. The van der Waals surface area contributed by atoms with Crippen LogP contribution >= 0.6 is 11.6 Å². The van der Waals surface area contributed by atoms with Gasteiger partial charge in [-0.3, -0.25) is 19.3 Å². The molecule has 3 aromatic carbocycles. The van der Waals surface area contributed by atoms with Gasteiger partial charge in [0.15, 0.2) is 5.78 Å². The van der Waals surface area contributed by atoms with Crippen LogP contribution in [0, 0.1) is 6.92 Å². The lowest BCUT2D eigenvalue weighted by atomic mass is 9.78. The molecule has 0 fully saturated rings. The highest BCUT2D eigenvalue weighted by molar-refractivity contribution is 6.31. The number of halogens is 1. The second-order valence-corrected chi connectivity index (χ2v) is 9.96. The van der Waals surface area contributed by atoms with Crippen molar-refractivity contribution in [2.45, 2.75) is 44.6 Å². The van der Waals surface area contributed by atoms with Gasteiger partial charge in [0.05, 0.1) is 23.8 Å². The van der Waals surface area contributed by atoms with Crippen molar-refractivity contribution in [3.63, 3.8) is 0 Å². The van der Waals surface area contributed by atoms with Crippen LogP contribution < -0.4 is 10.2 Å².